The van der Waals surface area contributed by atoms with Gasteiger partial charge in [0.15, 0.2) is 0 Å². The summed E-state index contributed by atoms with van der Waals surface area (Å²) in [5.41, 5.74) is 2.03. The number of aryl methyl sites for hydroxylation is 1. The van der Waals surface area contributed by atoms with Crippen LogP contribution in [-0.2, 0) is 16.0 Å². The molecular formula is C18H20O4S. The molecule has 1 fully saturated rings. The third-order valence-corrected chi connectivity index (χ3v) is 4.97. The van der Waals surface area contributed by atoms with E-state index in [9.17, 15) is 4.79 Å². The van der Waals surface area contributed by atoms with Gasteiger partial charge < -0.3 is 14.6 Å². The molecule has 0 radical (unpaired) electrons. The molecular weight excluding hydrogens is 312 g/mol. The van der Waals surface area contributed by atoms with Crippen molar-refractivity contribution in [2.45, 2.75) is 19.8 Å². The molecule has 23 heavy (non-hydrogen) atoms. The molecule has 0 amide bonds. The number of ether oxygens (including phenoxy) is 2. The van der Waals surface area contributed by atoms with Crippen LogP contribution in [0.3, 0.4) is 0 Å². The van der Waals surface area contributed by atoms with Gasteiger partial charge in [0.2, 0.25) is 0 Å². The lowest BCUT2D eigenvalue weighted by atomic mass is 10.0. The number of carboxylic acids is 1. The Morgan fingerprint density at radius 1 is 1.39 bits per heavy atom. The predicted molar refractivity (Wildman–Crippen MR) is 90.3 cm³/mol. The van der Waals surface area contributed by atoms with Crippen molar-refractivity contribution >= 4 is 17.3 Å². The summed E-state index contributed by atoms with van der Waals surface area (Å²) in [6, 6.07) is 9.93. The van der Waals surface area contributed by atoms with Crippen molar-refractivity contribution < 1.29 is 19.4 Å². The van der Waals surface area contributed by atoms with Crippen LogP contribution in [0, 0.1) is 12.8 Å². The van der Waals surface area contributed by atoms with Gasteiger partial charge in [-0.05, 0) is 42.7 Å². The van der Waals surface area contributed by atoms with E-state index in [0.29, 0.717) is 12.5 Å². The molecule has 1 aromatic carbocycles. The molecule has 2 heterocycles. The third kappa shape index (κ3) is 4.12. The van der Waals surface area contributed by atoms with Crippen molar-refractivity contribution in [3.63, 3.8) is 0 Å². The molecule has 1 aliphatic rings. The average Bonchev–Trinajstić information content (AvgIpc) is 3.15. The normalized spacial score (nSPS) is 17.3. The van der Waals surface area contributed by atoms with E-state index in [0.717, 1.165) is 46.3 Å². The van der Waals surface area contributed by atoms with Gasteiger partial charge in [-0.15, -0.1) is 11.3 Å². The fourth-order valence-electron chi connectivity index (χ4n) is 2.74. The SMILES string of the molecule is Cc1cc(-c2ccc(OCC3CCOC3)cc2)c(CC(=O)O)s1. The van der Waals surface area contributed by atoms with Crippen molar-refractivity contribution in [1.82, 2.24) is 0 Å². The van der Waals surface area contributed by atoms with Crippen LogP contribution in [0.4, 0.5) is 0 Å². The van der Waals surface area contributed by atoms with Crippen molar-refractivity contribution in [1.29, 1.82) is 0 Å². The highest BCUT2D eigenvalue weighted by Crippen LogP contribution is 2.32. The van der Waals surface area contributed by atoms with Gasteiger partial charge in [-0.2, -0.15) is 0 Å². The van der Waals surface area contributed by atoms with Crippen LogP contribution in [0.2, 0.25) is 0 Å². The van der Waals surface area contributed by atoms with E-state index < -0.39 is 5.97 Å². The van der Waals surface area contributed by atoms with Gasteiger partial charge in [0.1, 0.15) is 5.75 Å². The van der Waals surface area contributed by atoms with Gasteiger partial charge in [0, 0.05) is 22.3 Å². The average molecular weight is 332 g/mol. The van der Waals surface area contributed by atoms with Crippen molar-refractivity contribution in [3.8, 4) is 16.9 Å². The quantitative estimate of drug-likeness (QED) is 0.875. The van der Waals surface area contributed by atoms with Gasteiger partial charge in [-0.3, -0.25) is 4.79 Å². The molecule has 1 aromatic heterocycles. The minimum Gasteiger partial charge on any atom is -0.493 e. The predicted octanol–water partition coefficient (Wildman–Crippen LogP) is 3.77. The maximum Gasteiger partial charge on any atom is 0.308 e. The largest absolute Gasteiger partial charge is 0.493 e. The van der Waals surface area contributed by atoms with Crippen LogP contribution in [0.5, 0.6) is 5.75 Å². The fraction of sp³-hybridized carbons (Fsp3) is 0.389. The summed E-state index contributed by atoms with van der Waals surface area (Å²) < 4.78 is 11.2. The van der Waals surface area contributed by atoms with Crippen LogP contribution in [0.15, 0.2) is 30.3 Å². The van der Waals surface area contributed by atoms with E-state index in [2.05, 4.69) is 6.07 Å². The topological polar surface area (TPSA) is 55.8 Å². The zero-order valence-corrected chi connectivity index (χ0v) is 13.9. The van der Waals surface area contributed by atoms with Crippen LogP contribution >= 0.6 is 11.3 Å². The maximum absolute atomic E-state index is 11.0. The van der Waals surface area contributed by atoms with Gasteiger partial charge in [0.05, 0.1) is 19.6 Å². The molecule has 0 saturated carbocycles. The summed E-state index contributed by atoms with van der Waals surface area (Å²) in [7, 11) is 0. The molecule has 122 valence electrons. The lowest BCUT2D eigenvalue weighted by Gasteiger charge is -2.11. The number of benzene rings is 1. The monoisotopic (exact) mass is 332 g/mol. The molecule has 1 atom stereocenters. The lowest BCUT2D eigenvalue weighted by Crippen LogP contribution is -2.11. The highest BCUT2D eigenvalue weighted by atomic mass is 32.1. The van der Waals surface area contributed by atoms with Crippen LogP contribution < -0.4 is 4.74 Å². The van der Waals surface area contributed by atoms with Crippen molar-refractivity contribution in [2.75, 3.05) is 19.8 Å². The molecule has 0 aliphatic carbocycles. The van der Waals surface area contributed by atoms with E-state index in [1.165, 1.54) is 0 Å². The van der Waals surface area contributed by atoms with E-state index in [-0.39, 0.29) is 6.42 Å². The molecule has 1 aliphatic heterocycles. The first-order chi connectivity index (χ1) is 11.1. The summed E-state index contributed by atoms with van der Waals surface area (Å²) in [5, 5.41) is 9.04. The first-order valence-corrected chi connectivity index (χ1v) is 8.55. The smallest absolute Gasteiger partial charge is 0.308 e. The second kappa shape index (κ2) is 7.15. The molecule has 1 unspecified atom stereocenters. The minimum atomic E-state index is -0.799. The van der Waals surface area contributed by atoms with Crippen LogP contribution in [0.1, 0.15) is 16.2 Å². The Morgan fingerprint density at radius 2 is 2.17 bits per heavy atom. The molecule has 1 saturated heterocycles. The van der Waals surface area contributed by atoms with Gasteiger partial charge in [-0.1, -0.05) is 12.1 Å². The highest BCUT2D eigenvalue weighted by Gasteiger charge is 2.16. The Morgan fingerprint density at radius 3 is 2.83 bits per heavy atom. The Bertz CT molecular complexity index is 669. The summed E-state index contributed by atoms with van der Waals surface area (Å²) in [4.78, 5) is 13.0. The molecule has 0 spiro atoms. The number of aliphatic carboxylic acids is 1. The van der Waals surface area contributed by atoms with Crippen LogP contribution in [-0.4, -0.2) is 30.9 Å². The number of hydrogen-bond donors (Lipinski definition) is 1. The number of rotatable bonds is 6. The third-order valence-electron chi connectivity index (χ3n) is 3.92. The molecule has 0 bridgehead atoms. The summed E-state index contributed by atoms with van der Waals surface area (Å²) in [6.45, 7) is 4.30. The first kappa shape index (κ1) is 16.0. The maximum atomic E-state index is 11.0. The van der Waals surface area contributed by atoms with Gasteiger partial charge in [0.25, 0.3) is 0 Å². The molecule has 5 heteroatoms. The number of carbonyl (C=O) groups is 1. The Balaban J connectivity index is 1.70. The number of thiophene rings is 1. The Kier molecular flexibility index (Phi) is 4.98. The van der Waals surface area contributed by atoms with E-state index in [4.69, 9.17) is 14.6 Å². The Labute approximate surface area is 139 Å². The van der Waals surface area contributed by atoms with Gasteiger partial charge in [-0.25, -0.2) is 0 Å². The summed E-state index contributed by atoms with van der Waals surface area (Å²) in [6.07, 6.45) is 1.12. The number of carboxylic acid groups (broad SMARTS) is 1. The van der Waals surface area contributed by atoms with Crippen molar-refractivity contribution in [3.05, 3.63) is 40.1 Å². The van der Waals surface area contributed by atoms with E-state index >= 15 is 0 Å². The van der Waals surface area contributed by atoms with Crippen LogP contribution in [0.25, 0.3) is 11.1 Å². The zero-order chi connectivity index (χ0) is 16.2. The lowest BCUT2D eigenvalue weighted by molar-refractivity contribution is -0.136. The molecule has 1 N–H and O–H groups in total. The second-order valence-corrected chi connectivity index (χ2v) is 7.17. The van der Waals surface area contributed by atoms with Gasteiger partial charge >= 0.3 is 5.97 Å². The first-order valence-electron chi connectivity index (χ1n) is 7.74. The van der Waals surface area contributed by atoms with E-state index in [1.807, 2.05) is 31.2 Å². The summed E-state index contributed by atoms with van der Waals surface area (Å²) in [5.74, 6) is 0.524. The molecule has 3 rings (SSSR count). The highest BCUT2D eigenvalue weighted by molar-refractivity contribution is 7.12. The molecule has 4 nitrogen and oxygen atoms in total. The van der Waals surface area contributed by atoms with Crippen molar-refractivity contribution in [2.24, 2.45) is 5.92 Å². The number of hydrogen-bond acceptors (Lipinski definition) is 4. The van der Waals surface area contributed by atoms with E-state index in [1.54, 1.807) is 11.3 Å². The summed E-state index contributed by atoms with van der Waals surface area (Å²) >= 11 is 1.54. The minimum absolute atomic E-state index is 0.0633. The fourth-order valence-corrected chi connectivity index (χ4v) is 3.78. The standard InChI is InChI=1S/C18H20O4S/c1-12-8-16(17(23-12)9-18(19)20)14-2-4-15(5-3-14)22-11-13-6-7-21-10-13/h2-5,8,13H,6-7,9-11H2,1H3,(H,19,20). The zero-order valence-electron chi connectivity index (χ0n) is 13.1. The second-order valence-electron chi connectivity index (χ2n) is 5.83. The molecule has 2 aromatic rings. The Hall–Kier alpha value is -1.85.